The Bertz CT molecular complexity index is 1520. The van der Waals surface area contributed by atoms with Crippen LogP contribution in [-0.2, 0) is 12.3 Å². The van der Waals surface area contributed by atoms with E-state index in [1.54, 1.807) is 4.57 Å². The highest BCUT2D eigenvalue weighted by molar-refractivity contribution is 7.98. The van der Waals surface area contributed by atoms with Crippen LogP contribution in [0.2, 0.25) is 0 Å². The van der Waals surface area contributed by atoms with E-state index in [4.69, 9.17) is 0 Å². The molecule has 0 saturated carbocycles. The lowest BCUT2D eigenvalue weighted by molar-refractivity contribution is 0.540. The van der Waals surface area contributed by atoms with Crippen LogP contribution in [0.3, 0.4) is 0 Å². The molecule has 33 heavy (non-hydrogen) atoms. The van der Waals surface area contributed by atoms with E-state index in [1.165, 1.54) is 11.8 Å². The first-order valence-electron chi connectivity index (χ1n) is 10.9. The Morgan fingerprint density at radius 3 is 2.70 bits per heavy atom. The monoisotopic (exact) mass is 460 g/mol. The average molecular weight is 461 g/mol. The molecule has 0 atom stereocenters. The molecule has 3 aromatic heterocycles. The lowest BCUT2D eigenvalue weighted by atomic mass is 10.1. The number of hydrogen-bond donors (Lipinski definition) is 0. The topological polar surface area (TPSA) is 95.8 Å². The Labute approximate surface area is 194 Å². The summed E-state index contributed by atoms with van der Waals surface area (Å²) < 4.78 is 5.43. The van der Waals surface area contributed by atoms with Crippen LogP contribution in [0.15, 0.2) is 52.4 Å². The molecule has 0 aliphatic carbocycles. The molecular weight excluding hydrogens is 436 g/mol. The van der Waals surface area contributed by atoms with Gasteiger partial charge in [-0.05, 0) is 54.5 Å². The summed E-state index contributed by atoms with van der Waals surface area (Å²) in [7, 11) is 0. The van der Waals surface area contributed by atoms with Gasteiger partial charge in [0.25, 0.3) is 5.56 Å². The lowest BCUT2D eigenvalue weighted by Crippen LogP contribution is -2.22. The first kappa shape index (κ1) is 21.3. The normalized spacial score (nSPS) is 11.6. The van der Waals surface area contributed by atoms with Crippen LogP contribution in [0.4, 0.5) is 0 Å². The Hall–Kier alpha value is -3.53. The SMILES string of the molecule is CCCCn1nnnc1CSc1nnc2n(-c3ccc(C)cc3C)c(=O)c3ccccc3n12. The van der Waals surface area contributed by atoms with E-state index in [9.17, 15) is 4.79 Å². The largest absolute Gasteiger partial charge is 0.268 e. The van der Waals surface area contributed by atoms with Gasteiger partial charge in [0.05, 0.1) is 22.3 Å². The van der Waals surface area contributed by atoms with Crippen molar-refractivity contribution in [3.8, 4) is 5.69 Å². The molecule has 0 aliphatic heterocycles. The molecule has 0 unspecified atom stereocenters. The summed E-state index contributed by atoms with van der Waals surface area (Å²) in [4.78, 5) is 13.5. The quantitative estimate of drug-likeness (QED) is 0.342. The van der Waals surface area contributed by atoms with Gasteiger partial charge < -0.3 is 0 Å². The van der Waals surface area contributed by atoms with Gasteiger partial charge in [-0.1, -0.05) is 54.9 Å². The highest BCUT2D eigenvalue weighted by Gasteiger charge is 2.19. The van der Waals surface area contributed by atoms with Gasteiger partial charge >= 0.3 is 0 Å². The number of tetrazole rings is 1. The number of aryl methyl sites for hydroxylation is 3. The second kappa shape index (κ2) is 8.78. The number of nitrogens with zero attached hydrogens (tertiary/aromatic N) is 8. The molecular formula is C23H24N8OS. The summed E-state index contributed by atoms with van der Waals surface area (Å²) in [6, 6.07) is 13.6. The maximum absolute atomic E-state index is 13.5. The molecule has 9 nitrogen and oxygen atoms in total. The number of hydrogen-bond acceptors (Lipinski definition) is 7. The Balaban J connectivity index is 1.65. The Morgan fingerprint density at radius 2 is 1.88 bits per heavy atom. The molecule has 0 aliphatic rings. The number of thioether (sulfide) groups is 1. The van der Waals surface area contributed by atoms with Crippen LogP contribution in [0.5, 0.6) is 0 Å². The second-order valence-corrected chi connectivity index (χ2v) is 8.97. The fourth-order valence-electron chi connectivity index (χ4n) is 3.98. The van der Waals surface area contributed by atoms with Crippen LogP contribution in [0.1, 0.15) is 36.7 Å². The molecule has 2 aromatic carbocycles. The van der Waals surface area contributed by atoms with Crippen molar-refractivity contribution >= 4 is 28.4 Å². The lowest BCUT2D eigenvalue weighted by Gasteiger charge is -2.13. The summed E-state index contributed by atoms with van der Waals surface area (Å²) in [5.74, 6) is 1.82. The van der Waals surface area contributed by atoms with E-state index < -0.39 is 0 Å². The van der Waals surface area contributed by atoms with Crippen LogP contribution < -0.4 is 5.56 Å². The predicted molar refractivity (Wildman–Crippen MR) is 128 cm³/mol. The summed E-state index contributed by atoms with van der Waals surface area (Å²) in [6.07, 6.45) is 2.09. The van der Waals surface area contributed by atoms with Gasteiger partial charge in [-0.15, -0.1) is 15.3 Å². The van der Waals surface area contributed by atoms with Crippen LogP contribution >= 0.6 is 11.8 Å². The van der Waals surface area contributed by atoms with Gasteiger partial charge in [0.2, 0.25) is 5.78 Å². The Morgan fingerprint density at radius 1 is 1.03 bits per heavy atom. The second-order valence-electron chi connectivity index (χ2n) is 8.03. The molecule has 5 aromatic rings. The molecule has 10 heteroatoms. The van der Waals surface area contributed by atoms with Gasteiger partial charge in [0.15, 0.2) is 11.0 Å². The average Bonchev–Trinajstić information content (AvgIpc) is 3.44. The van der Waals surface area contributed by atoms with Crippen molar-refractivity contribution in [3.05, 3.63) is 69.8 Å². The van der Waals surface area contributed by atoms with Crippen LogP contribution in [-0.4, -0.2) is 39.4 Å². The van der Waals surface area contributed by atoms with Crippen molar-refractivity contribution in [2.75, 3.05) is 0 Å². The minimum Gasteiger partial charge on any atom is -0.268 e. The third-order valence-electron chi connectivity index (χ3n) is 5.65. The third kappa shape index (κ3) is 3.80. The van der Waals surface area contributed by atoms with E-state index in [2.05, 4.69) is 38.7 Å². The Kier molecular flexibility index (Phi) is 5.67. The van der Waals surface area contributed by atoms with Crippen molar-refractivity contribution in [2.45, 2.75) is 51.1 Å². The number of para-hydroxylation sites is 1. The summed E-state index contributed by atoms with van der Waals surface area (Å²) in [5.41, 5.74) is 3.60. The smallest absolute Gasteiger partial charge is 0.267 e. The van der Waals surface area contributed by atoms with Gasteiger partial charge in [-0.2, -0.15) is 0 Å². The highest BCUT2D eigenvalue weighted by Crippen LogP contribution is 2.26. The molecule has 0 fully saturated rings. The molecule has 0 spiro atoms. The van der Waals surface area contributed by atoms with E-state index in [0.29, 0.717) is 22.1 Å². The van der Waals surface area contributed by atoms with Gasteiger partial charge in [0.1, 0.15) is 0 Å². The molecule has 0 amide bonds. The van der Waals surface area contributed by atoms with Gasteiger partial charge in [0, 0.05) is 6.54 Å². The minimum atomic E-state index is -0.113. The zero-order chi connectivity index (χ0) is 22.9. The zero-order valence-electron chi connectivity index (χ0n) is 18.8. The van der Waals surface area contributed by atoms with Gasteiger partial charge in [-0.25, -0.2) is 9.25 Å². The van der Waals surface area contributed by atoms with Crippen LogP contribution in [0.25, 0.3) is 22.4 Å². The summed E-state index contributed by atoms with van der Waals surface area (Å²) in [6.45, 7) is 6.97. The maximum Gasteiger partial charge on any atom is 0.267 e. The van der Waals surface area contributed by atoms with Crippen molar-refractivity contribution in [1.82, 2.24) is 39.4 Å². The fraction of sp³-hybridized carbons (Fsp3) is 0.304. The first-order chi connectivity index (χ1) is 16.1. The van der Waals surface area contributed by atoms with E-state index in [-0.39, 0.29) is 5.56 Å². The molecule has 3 heterocycles. The van der Waals surface area contributed by atoms with E-state index in [1.807, 2.05) is 59.3 Å². The van der Waals surface area contributed by atoms with Crippen molar-refractivity contribution < 1.29 is 0 Å². The molecule has 0 N–H and O–H groups in total. The maximum atomic E-state index is 13.5. The minimum absolute atomic E-state index is 0.113. The molecule has 0 bridgehead atoms. The zero-order valence-corrected chi connectivity index (χ0v) is 19.6. The number of aromatic nitrogens is 8. The molecule has 0 saturated heterocycles. The summed E-state index contributed by atoms with van der Waals surface area (Å²) >= 11 is 1.50. The fourth-order valence-corrected chi connectivity index (χ4v) is 4.86. The standard InChI is InChI=1S/C23H24N8OS/c1-4-5-12-29-20(24-27-28-29)14-33-23-26-25-22-30(18-11-10-15(2)13-16(18)3)21(32)17-8-6-7-9-19(17)31(22)23/h6-11,13H,4-5,12,14H2,1-3H3. The first-order valence-corrected chi connectivity index (χ1v) is 11.9. The van der Waals surface area contributed by atoms with E-state index in [0.717, 1.165) is 47.5 Å². The number of fused-ring (bicyclic) bond motifs is 3. The highest BCUT2D eigenvalue weighted by atomic mass is 32.2. The summed E-state index contributed by atoms with van der Waals surface area (Å²) in [5, 5.41) is 22.3. The number of unbranched alkanes of at least 4 members (excludes halogenated alkanes) is 1. The van der Waals surface area contributed by atoms with E-state index >= 15 is 0 Å². The number of rotatable bonds is 7. The number of benzene rings is 2. The van der Waals surface area contributed by atoms with Crippen molar-refractivity contribution in [1.29, 1.82) is 0 Å². The van der Waals surface area contributed by atoms with Crippen LogP contribution in [0, 0.1) is 13.8 Å². The molecule has 168 valence electrons. The van der Waals surface area contributed by atoms with Crippen molar-refractivity contribution in [3.63, 3.8) is 0 Å². The predicted octanol–water partition coefficient (Wildman–Crippen LogP) is 3.73. The third-order valence-corrected chi connectivity index (χ3v) is 6.57. The van der Waals surface area contributed by atoms with Crippen molar-refractivity contribution in [2.24, 2.45) is 0 Å². The molecule has 0 radical (unpaired) electrons. The molecule has 5 rings (SSSR count). The van der Waals surface area contributed by atoms with Gasteiger partial charge in [-0.3, -0.25) is 9.20 Å².